The van der Waals surface area contributed by atoms with Gasteiger partial charge in [0.2, 0.25) is 11.9 Å². The van der Waals surface area contributed by atoms with Gasteiger partial charge in [-0.15, -0.1) is 0 Å². The summed E-state index contributed by atoms with van der Waals surface area (Å²) >= 11 is 0. The first-order valence-electron chi connectivity index (χ1n) is 8.34. The zero-order valence-electron chi connectivity index (χ0n) is 16.3. The third kappa shape index (κ3) is 5.85. The fraction of sp³-hybridized carbons (Fsp3) is 0.167. The lowest BCUT2D eigenvalue weighted by Crippen LogP contribution is -2.36. The standard InChI is InChI=1S/C18H20N4O7S/c1-11(23)20-14-9-12(29-30(25,26)13-7-5-4-6-8-13)10-15(16(14)27-2)21-17(19)22-18(24)28-3/h4-10H,1-3H3,(H,20,23)(H3,19,21,22,24). The van der Waals surface area contributed by atoms with Crippen LogP contribution in [-0.4, -0.2) is 40.6 Å². The molecule has 4 N–H and O–H groups in total. The van der Waals surface area contributed by atoms with Crippen molar-refractivity contribution in [3.63, 3.8) is 0 Å². The van der Waals surface area contributed by atoms with E-state index in [1.54, 1.807) is 18.2 Å². The van der Waals surface area contributed by atoms with Gasteiger partial charge in [-0.25, -0.2) is 9.79 Å². The predicted octanol–water partition coefficient (Wildman–Crippen LogP) is 1.72. The van der Waals surface area contributed by atoms with Gasteiger partial charge in [-0.1, -0.05) is 18.2 Å². The second-order valence-electron chi connectivity index (χ2n) is 5.67. The van der Waals surface area contributed by atoms with Crippen molar-refractivity contribution in [2.75, 3.05) is 19.5 Å². The van der Waals surface area contributed by atoms with E-state index in [2.05, 4.69) is 20.4 Å². The van der Waals surface area contributed by atoms with Gasteiger partial charge in [-0.05, 0) is 12.1 Å². The van der Waals surface area contributed by atoms with Crippen molar-refractivity contribution in [2.24, 2.45) is 10.7 Å². The number of alkyl carbamates (subject to hydrolysis) is 1. The van der Waals surface area contributed by atoms with Crippen molar-refractivity contribution in [1.29, 1.82) is 0 Å². The molecule has 0 atom stereocenters. The van der Waals surface area contributed by atoms with Crippen molar-refractivity contribution in [2.45, 2.75) is 11.8 Å². The first-order valence-corrected chi connectivity index (χ1v) is 9.75. The van der Waals surface area contributed by atoms with E-state index >= 15 is 0 Å². The molecule has 2 amide bonds. The Morgan fingerprint density at radius 1 is 1.10 bits per heavy atom. The number of methoxy groups -OCH3 is 2. The van der Waals surface area contributed by atoms with Crippen LogP contribution in [-0.2, 0) is 19.6 Å². The molecule has 2 aromatic carbocycles. The summed E-state index contributed by atoms with van der Waals surface area (Å²) in [5.74, 6) is -0.929. The number of anilines is 1. The zero-order valence-corrected chi connectivity index (χ0v) is 17.1. The zero-order chi connectivity index (χ0) is 22.3. The summed E-state index contributed by atoms with van der Waals surface area (Å²) < 4.78 is 39.9. The summed E-state index contributed by atoms with van der Waals surface area (Å²) in [6.45, 7) is 1.25. The Morgan fingerprint density at radius 2 is 1.77 bits per heavy atom. The van der Waals surface area contributed by atoms with E-state index in [9.17, 15) is 18.0 Å². The summed E-state index contributed by atoms with van der Waals surface area (Å²) in [6, 6.07) is 9.95. The van der Waals surface area contributed by atoms with E-state index in [0.717, 1.165) is 7.11 Å². The van der Waals surface area contributed by atoms with Crippen LogP contribution in [0.5, 0.6) is 11.5 Å². The molecular formula is C18H20N4O7S. The highest BCUT2D eigenvalue weighted by molar-refractivity contribution is 7.87. The van der Waals surface area contributed by atoms with E-state index in [1.807, 2.05) is 0 Å². The van der Waals surface area contributed by atoms with E-state index in [4.69, 9.17) is 14.7 Å². The molecule has 160 valence electrons. The number of hydrogen-bond donors (Lipinski definition) is 3. The molecule has 0 saturated heterocycles. The number of carbonyl (C=O) groups is 2. The molecule has 0 aliphatic heterocycles. The van der Waals surface area contributed by atoms with Crippen LogP contribution >= 0.6 is 0 Å². The van der Waals surface area contributed by atoms with Crippen LogP contribution in [0.4, 0.5) is 16.2 Å². The first kappa shape index (κ1) is 22.5. The number of carbonyl (C=O) groups excluding carboxylic acids is 2. The van der Waals surface area contributed by atoms with Crippen LogP contribution in [0.1, 0.15) is 6.92 Å². The predicted molar refractivity (Wildman–Crippen MR) is 108 cm³/mol. The highest BCUT2D eigenvalue weighted by Crippen LogP contribution is 2.40. The SMILES string of the molecule is COC(=O)NC(N)=Nc1cc(OS(=O)(=O)c2ccccc2)cc(NC(C)=O)c1OC. The lowest BCUT2D eigenvalue weighted by Gasteiger charge is -2.15. The van der Waals surface area contributed by atoms with Crippen LogP contribution in [0.2, 0.25) is 0 Å². The quantitative estimate of drug-likeness (QED) is 0.351. The van der Waals surface area contributed by atoms with Gasteiger partial charge in [0, 0.05) is 19.1 Å². The molecule has 0 fully saturated rings. The number of ether oxygens (including phenoxy) is 2. The number of rotatable bonds is 6. The highest BCUT2D eigenvalue weighted by Gasteiger charge is 2.20. The number of hydrogen-bond acceptors (Lipinski definition) is 8. The van der Waals surface area contributed by atoms with E-state index in [-0.39, 0.29) is 33.7 Å². The largest absolute Gasteiger partial charge is 0.492 e. The van der Waals surface area contributed by atoms with Crippen molar-refractivity contribution in [3.8, 4) is 11.5 Å². The molecule has 0 spiro atoms. The molecule has 0 aromatic heterocycles. The number of aliphatic imine (C=N–C) groups is 1. The number of amides is 2. The topological polar surface area (TPSA) is 158 Å². The molecule has 0 heterocycles. The van der Waals surface area contributed by atoms with Gasteiger partial charge in [0.05, 0.1) is 19.9 Å². The van der Waals surface area contributed by atoms with Gasteiger partial charge in [0.25, 0.3) is 0 Å². The second-order valence-corrected chi connectivity index (χ2v) is 7.21. The Morgan fingerprint density at radius 3 is 2.33 bits per heavy atom. The van der Waals surface area contributed by atoms with E-state index in [1.165, 1.54) is 38.3 Å². The summed E-state index contributed by atoms with van der Waals surface area (Å²) in [7, 11) is -1.72. The second kappa shape index (κ2) is 9.60. The normalized spacial score (nSPS) is 11.4. The molecule has 0 unspecified atom stereocenters. The minimum atomic E-state index is -4.17. The maximum atomic E-state index is 12.5. The summed E-state index contributed by atoms with van der Waals surface area (Å²) in [5.41, 5.74) is 5.72. The lowest BCUT2D eigenvalue weighted by atomic mass is 10.2. The Hall–Kier alpha value is -3.80. The summed E-state index contributed by atoms with van der Waals surface area (Å²) in [5, 5.41) is 4.64. The van der Waals surface area contributed by atoms with Gasteiger partial charge in [0.15, 0.2) is 5.75 Å². The molecule has 11 nitrogen and oxygen atoms in total. The molecule has 0 saturated carbocycles. The summed E-state index contributed by atoms with van der Waals surface area (Å²) in [4.78, 5) is 26.8. The van der Waals surface area contributed by atoms with Crippen molar-refractivity contribution >= 4 is 39.5 Å². The van der Waals surface area contributed by atoms with Crippen LogP contribution in [0.3, 0.4) is 0 Å². The highest BCUT2D eigenvalue weighted by atomic mass is 32.2. The smallest absolute Gasteiger partial charge is 0.413 e. The number of nitrogens with zero attached hydrogens (tertiary/aromatic N) is 1. The first-order chi connectivity index (χ1) is 14.2. The Labute approximate surface area is 173 Å². The molecule has 12 heteroatoms. The van der Waals surface area contributed by atoms with E-state index in [0.29, 0.717) is 0 Å². The third-order valence-corrected chi connectivity index (χ3v) is 4.71. The van der Waals surface area contributed by atoms with Crippen LogP contribution in [0, 0.1) is 0 Å². The number of benzene rings is 2. The minimum absolute atomic E-state index is 0.0177. The van der Waals surface area contributed by atoms with Crippen molar-refractivity contribution < 1.29 is 31.7 Å². The average Bonchev–Trinajstić information content (AvgIpc) is 2.67. The van der Waals surface area contributed by atoms with Crippen LogP contribution < -0.4 is 25.3 Å². The van der Waals surface area contributed by atoms with Crippen LogP contribution in [0.15, 0.2) is 52.4 Å². The Balaban J connectivity index is 2.54. The van der Waals surface area contributed by atoms with Crippen molar-refractivity contribution in [3.05, 3.63) is 42.5 Å². The molecule has 2 aromatic rings. The fourth-order valence-corrected chi connectivity index (χ4v) is 3.23. The van der Waals surface area contributed by atoms with Crippen molar-refractivity contribution in [1.82, 2.24) is 5.32 Å². The fourth-order valence-electron chi connectivity index (χ4n) is 2.29. The van der Waals surface area contributed by atoms with Gasteiger partial charge in [0.1, 0.15) is 16.3 Å². The van der Waals surface area contributed by atoms with Gasteiger partial charge >= 0.3 is 16.2 Å². The van der Waals surface area contributed by atoms with E-state index < -0.39 is 22.1 Å². The molecular weight excluding hydrogens is 416 g/mol. The molecule has 2 rings (SSSR count). The maximum Gasteiger partial charge on any atom is 0.413 e. The number of guanidine groups is 1. The number of nitrogens with two attached hydrogens (primary N) is 1. The third-order valence-electron chi connectivity index (χ3n) is 3.45. The lowest BCUT2D eigenvalue weighted by molar-refractivity contribution is -0.114. The molecule has 0 aliphatic rings. The molecule has 0 bridgehead atoms. The summed E-state index contributed by atoms with van der Waals surface area (Å²) in [6.07, 6.45) is -0.864. The average molecular weight is 436 g/mol. The molecule has 0 radical (unpaired) electrons. The number of nitrogens with one attached hydrogen (secondary N) is 2. The Kier molecular flexibility index (Phi) is 7.20. The molecule has 0 aliphatic carbocycles. The minimum Gasteiger partial charge on any atom is -0.492 e. The maximum absolute atomic E-state index is 12.5. The monoisotopic (exact) mass is 436 g/mol. The molecule has 30 heavy (non-hydrogen) atoms. The van der Waals surface area contributed by atoms with Gasteiger partial charge < -0.3 is 24.7 Å². The van der Waals surface area contributed by atoms with Crippen LogP contribution in [0.25, 0.3) is 0 Å². The Bertz CT molecular complexity index is 1070. The van der Waals surface area contributed by atoms with Gasteiger partial charge in [-0.3, -0.25) is 10.1 Å². The van der Waals surface area contributed by atoms with Gasteiger partial charge in [-0.2, -0.15) is 8.42 Å².